The Morgan fingerprint density at radius 3 is 2.27 bits per heavy atom. The third kappa shape index (κ3) is 1.92. The van der Waals surface area contributed by atoms with Gasteiger partial charge in [-0.15, -0.1) is 0 Å². The Balaban J connectivity index is 2.31. The first kappa shape index (κ1) is 14.4. The van der Waals surface area contributed by atoms with Gasteiger partial charge in [-0.1, -0.05) is 24.3 Å². The molecule has 8 heteroatoms. The molecule has 1 aliphatic carbocycles. The fraction of sp³-hybridized carbons (Fsp3) is 0.286. The number of nitro groups is 1. The summed E-state index contributed by atoms with van der Waals surface area (Å²) in [6, 6.07) is 6.14. The van der Waals surface area contributed by atoms with Gasteiger partial charge in [-0.3, -0.25) is 19.7 Å². The minimum atomic E-state index is -1.82. The highest BCUT2D eigenvalue weighted by molar-refractivity contribution is 6.09. The van der Waals surface area contributed by atoms with Gasteiger partial charge in [0, 0.05) is 18.4 Å². The van der Waals surface area contributed by atoms with Crippen LogP contribution in [-0.2, 0) is 9.59 Å². The maximum absolute atomic E-state index is 12.0. The molecule has 0 aromatic heterocycles. The van der Waals surface area contributed by atoms with Crippen LogP contribution in [0.5, 0.6) is 0 Å². The Labute approximate surface area is 124 Å². The van der Waals surface area contributed by atoms with Crippen molar-refractivity contribution in [2.75, 3.05) is 0 Å². The zero-order chi connectivity index (χ0) is 16.0. The number of aliphatic hydroxyl groups excluding tert-OH is 2. The second kappa shape index (κ2) is 5.00. The summed E-state index contributed by atoms with van der Waals surface area (Å²) >= 11 is 0. The van der Waals surface area contributed by atoms with Crippen LogP contribution in [0.1, 0.15) is 30.1 Å². The number of likely N-dealkylation sites (tertiary alicyclic amines) is 1. The summed E-state index contributed by atoms with van der Waals surface area (Å²) in [5.74, 6) is -1.12. The van der Waals surface area contributed by atoms with Crippen molar-refractivity contribution in [1.82, 2.24) is 4.90 Å². The van der Waals surface area contributed by atoms with Crippen LogP contribution in [0.25, 0.3) is 5.70 Å². The van der Waals surface area contributed by atoms with E-state index in [9.17, 15) is 29.9 Å². The lowest BCUT2D eigenvalue weighted by Gasteiger charge is -2.29. The van der Waals surface area contributed by atoms with E-state index in [4.69, 9.17) is 0 Å². The van der Waals surface area contributed by atoms with Gasteiger partial charge in [0.05, 0.1) is 4.92 Å². The van der Waals surface area contributed by atoms with E-state index in [-0.39, 0.29) is 29.7 Å². The molecule has 2 atom stereocenters. The van der Waals surface area contributed by atoms with Crippen molar-refractivity contribution in [3.8, 4) is 0 Å². The third-order valence-electron chi connectivity index (χ3n) is 3.83. The van der Waals surface area contributed by atoms with Gasteiger partial charge in [0.2, 0.25) is 11.8 Å². The van der Waals surface area contributed by atoms with Crippen LogP contribution in [0.4, 0.5) is 0 Å². The number of amides is 2. The van der Waals surface area contributed by atoms with Crippen LogP contribution in [0.2, 0.25) is 0 Å². The normalized spacial score (nSPS) is 24.7. The monoisotopic (exact) mass is 304 g/mol. The van der Waals surface area contributed by atoms with Crippen molar-refractivity contribution in [3.05, 3.63) is 51.2 Å². The number of aliphatic hydroxyl groups is 2. The molecule has 1 aliphatic heterocycles. The lowest BCUT2D eigenvalue weighted by atomic mass is 9.87. The summed E-state index contributed by atoms with van der Waals surface area (Å²) in [6.07, 6.45) is -3.38. The summed E-state index contributed by atoms with van der Waals surface area (Å²) in [5, 5.41) is 31.5. The molecule has 1 aromatic rings. The zero-order valence-corrected chi connectivity index (χ0v) is 11.3. The first-order chi connectivity index (χ1) is 10.4. The summed E-state index contributed by atoms with van der Waals surface area (Å²) in [6.45, 7) is 0. The molecule has 2 unspecified atom stereocenters. The molecule has 22 heavy (non-hydrogen) atoms. The molecule has 114 valence electrons. The van der Waals surface area contributed by atoms with Gasteiger partial charge < -0.3 is 10.2 Å². The molecule has 0 saturated carbocycles. The van der Waals surface area contributed by atoms with E-state index in [1.807, 2.05) is 0 Å². The molecule has 2 amide bonds. The first-order valence-corrected chi connectivity index (χ1v) is 6.63. The van der Waals surface area contributed by atoms with E-state index >= 15 is 0 Å². The largest absolute Gasteiger partial charge is 0.385 e. The highest BCUT2D eigenvalue weighted by Crippen LogP contribution is 2.41. The number of fused-ring (bicyclic) bond motifs is 1. The van der Waals surface area contributed by atoms with Crippen LogP contribution >= 0.6 is 0 Å². The minimum Gasteiger partial charge on any atom is -0.385 e. The average Bonchev–Trinajstić information content (AvgIpc) is 2.81. The molecule has 2 aliphatic rings. The van der Waals surface area contributed by atoms with Crippen LogP contribution in [0, 0.1) is 10.1 Å². The number of benzene rings is 1. The van der Waals surface area contributed by atoms with E-state index in [1.165, 1.54) is 12.1 Å². The fourth-order valence-electron chi connectivity index (χ4n) is 2.82. The molecule has 2 N–H and O–H groups in total. The standard InChI is InChI=1S/C14H12N2O6/c17-9-5-6-10(18)15(9)11-7-3-1-2-4-8(7)13(19)14(20)12(11)16(21)22/h1-4,13-14,19-20H,5-6H2. The smallest absolute Gasteiger partial charge is 0.302 e. The van der Waals surface area contributed by atoms with Gasteiger partial charge >= 0.3 is 5.70 Å². The van der Waals surface area contributed by atoms with Crippen molar-refractivity contribution in [2.45, 2.75) is 25.0 Å². The zero-order valence-electron chi connectivity index (χ0n) is 11.3. The van der Waals surface area contributed by atoms with Gasteiger partial charge in [-0.2, -0.15) is 0 Å². The molecule has 1 aromatic carbocycles. The third-order valence-corrected chi connectivity index (χ3v) is 3.83. The predicted molar refractivity (Wildman–Crippen MR) is 72.4 cm³/mol. The van der Waals surface area contributed by atoms with Crippen LogP contribution in [-0.4, -0.2) is 38.0 Å². The second-order valence-corrected chi connectivity index (χ2v) is 5.09. The maximum Gasteiger partial charge on any atom is 0.302 e. The lowest BCUT2D eigenvalue weighted by molar-refractivity contribution is -0.438. The van der Waals surface area contributed by atoms with Gasteiger partial charge in [0.1, 0.15) is 11.8 Å². The topological polar surface area (TPSA) is 121 Å². The van der Waals surface area contributed by atoms with Gasteiger partial charge in [-0.25, -0.2) is 4.90 Å². The van der Waals surface area contributed by atoms with Crippen molar-refractivity contribution < 1.29 is 24.7 Å². The molecule has 1 heterocycles. The molecular formula is C14H12N2O6. The number of carbonyl (C=O) groups is 2. The Morgan fingerprint density at radius 1 is 1.09 bits per heavy atom. The molecular weight excluding hydrogens is 292 g/mol. The highest BCUT2D eigenvalue weighted by atomic mass is 16.6. The molecule has 0 bridgehead atoms. The van der Waals surface area contributed by atoms with Gasteiger partial charge in [-0.05, 0) is 5.56 Å². The van der Waals surface area contributed by atoms with E-state index in [1.54, 1.807) is 12.1 Å². The highest BCUT2D eigenvalue weighted by Gasteiger charge is 2.46. The van der Waals surface area contributed by atoms with Crippen molar-refractivity contribution >= 4 is 17.5 Å². The SMILES string of the molecule is O=C1CCC(=O)N1C1=C([N+](=O)[O-])C(O)C(O)c2ccccc21. The van der Waals surface area contributed by atoms with Crippen LogP contribution < -0.4 is 0 Å². The Kier molecular flexibility index (Phi) is 3.27. The van der Waals surface area contributed by atoms with Gasteiger partial charge in [0.15, 0.2) is 6.10 Å². The minimum absolute atomic E-state index is 0.0336. The summed E-state index contributed by atoms with van der Waals surface area (Å²) in [5.41, 5.74) is -0.542. The average molecular weight is 304 g/mol. The number of nitrogens with zero attached hydrogens (tertiary/aromatic N) is 2. The predicted octanol–water partition coefficient (Wildman–Crippen LogP) is 0.189. The summed E-state index contributed by atoms with van der Waals surface area (Å²) < 4.78 is 0. The Morgan fingerprint density at radius 2 is 1.68 bits per heavy atom. The molecule has 8 nitrogen and oxygen atoms in total. The lowest BCUT2D eigenvalue weighted by Crippen LogP contribution is -2.38. The summed E-state index contributed by atoms with van der Waals surface area (Å²) in [7, 11) is 0. The first-order valence-electron chi connectivity index (χ1n) is 6.63. The van der Waals surface area contributed by atoms with E-state index < -0.39 is 34.6 Å². The van der Waals surface area contributed by atoms with Crippen LogP contribution in [0.3, 0.4) is 0 Å². The number of carbonyl (C=O) groups excluding carboxylic acids is 2. The molecule has 1 saturated heterocycles. The summed E-state index contributed by atoms with van der Waals surface area (Å²) in [4.78, 5) is 35.1. The molecule has 3 rings (SSSR count). The molecule has 0 radical (unpaired) electrons. The quantitative estimate of drug-likeness (QED) is 0.457. The van der Waals surface area contributed by atoms with E-state index in [2.05, 4.69) is 0 Å². The maximum atomic E-state index is 12.0. The molecule has 0 spiro atoms. The van der Waals surface area contributed by atoms with Crippen molar-refractivity contribution in [3.63, 3.8) is 0 Å². The van der Waals surface area contributed by atoms with E-state index in [0.29, 0.717) is 0 Å². The fourth-order valence-corrected chi connectivity index (χ4v) is 2.82. The van der Waals surface area contributed by atoms with Gasteiger partial charge in [0.25, 0.3) is 0 Å². The number of hydrogen-bond donors (Lipinski definition) is 2. The number of hydrogen-bond acceptors (Lipinski definition) is 6. The van der Waals surface area contributed by atoms with Crippen molar-refractivity contribution in [2.24, 2.45) is 0 Å². The van der Waals surface area contributed by atoms with Crippen LogP contribution in [0.15, 0.2) is 30.0 Å². The Bertz CT molecular complexity index is 710. The molecule has 1 fully saturated rings. The second-order valence-electron chi connectivity index (χ2n) is 5.09. The number of rotatable bonds is 2. The van der Waals surface area contributed by atoms with E-state index in [0.717, 1.165) is 4.90 Å². The van der Waals surface area contributed by atoms with Crippen molar-refractivity contribution in [1.29, 1.82) is 0 Å². The Hall–Kier alpha value is -2.58. The number of imide groups is 1.